The van der Waals surface area contributed by atoms with Crippen molar-refractivity contribution in [1.82, 2.24) is 9.97 Å². The number of hydrogen-bond donors (Lipinski definition) is 0. The Hall–Kier alpha value is -1.15. The van der Waals surface area contributed by atoms with Crippen molar-refractivity contribution in [2.45, 2.75) is 38.5 Å². The fraction of sp³-hybridized carbons (Fsp3) is 0.429. The summed E-state index contributed by atoms with van der Waals surface area (Å²) in [6, 6.07) is 7.95. The maximum atomic E-state index is 6.31. The van der Waals surface area contributed by atoms with Crippen LogP contribution in [0.2, 0.25) is 0 Å². The molecule has 0 amide bonds. The maximum Gasteiger partial charge on any atom is 0.0890 e. The lowest BCUT2D eigenvalue weighted by molar-refractivity contribution is 0.651. The first kappa shape index (κ1) is 12.3. The van der Waals surface area contributed by atoms with Gasteiger partial charge in [-0.1, -0.05) is 26.0 Å². The van der Waals surface area contributed by atoms with Crippen LogP contribution in [0.1, 0.15) is 37.6 Å². The van der Waals surface area contributed by atoms with Crippen molar-refractivity contribution in [1.29, 1.82) is 0 Å². The van der Waals surface area contributed by atoms with Crippen molar-refractivity contribution in [2.24, 2.45) is 0 Å². The van der Waals surface area contributed by atoms with Gasteiger partial charge in [-0.2, -0.15) is 0 Å². The molecule has 1 heterocycles. The second-order valence-electron chi connectivity index (χ2n) is 4.40. The number of aryl methyl sites for hydroxylation is 1. The number of benzene rings is 1. The molecular formula is C14H17ClN2. The minimum Gasteiger partial charge on any atom is -0.250 e. The van der Waals surface area contributed by atoms with Gasteiger partial charge < -0.3 is 0 Å². The van der Waals surface area contributed by atoms with Gasteiger partial charge in [0.15, 0.2) is 0 Å². The molecule has 0 fully saturated rings. The van der Waals surface area contributed by atoms with Crippen LogP contribution in [0.5, 0.6) is 0 Å². The number of aromatic nitrogens is 2. The molecule has 2 rings (SSSR count). The van der Waals surface area contributed by atoms with Crippen molar-refractivity contribution >= 4 is 22.6 Å². The van der Waals surface area contributed by atoms with Gasteiger partial charge in [-0.15, -0.1) is 11.6 Å². The highest BCUT2D eigenvalue weighted by atomic mass is 35.5. The highest BCUT2D eigenvalue weighted by Gasteiger charge is 2.19. The standard InChI is InChI=1S/C14H17ClN2/c1-4-11(15)9(2)14-10(3)16-12-7-5-6-8-13(12)17-14/h5-9,11H,4H2,1-3H3. The smallest absolute Gasteiger partial charge is 0.0890 e. The average molecular weight is 249 g/mol. The summed E-state index contributed by atoms with van der Waals surface area (Å²) in [5.74, 6) is 0.235. The van der Waals surface area contributed by atoms with Crippen LogP contribution in [0.25, 0.3) is 11.0 Å². The highest BCUT2D eigenvalue weighted by molar-refractivity contribution is 6.21. The van der Waals surface area contributed by atoms with E-state index in [1.165, 1.54) is 0 Å². The summed E-state index contributed by atoms with van der Waals surface area (Å²) < 4.78 is 0. The van der Waals surface area contributed by atoms with Crippen molar-refractivity contribution in [3.63, 3.8) is 0 Å². The maximum absolute atomic E-state index is 6.31. The molecule has 0 N–H and O–H groups in total. The molecule has 0 aliphatic heterocycles. The first-order chi connectivity index (χ1) is 8.13. The van der Waals surface area contributed by atoms with E-state index in [0.29, 0.717) is 0 Å². The minimum absolute atomic E-state index is 0.115. The molecule has 0 saturated carbocycles. The lowest BCUT2D eigenvalue weighted by atomic mass is 9.99. The van der Waals surface area contributed by atoms with Crippen LogP contribution in [-0.4, -0.2) is 15.3 Å². The zero-order valence-electron chi connectivity index (χ0n) is 10.4. The molecular weight excluding hydrogens is 232 g/mol. The Morgan fingerprint density at radius 1 is 1.18 bits per heavy atom. The third-order valence-corrected chi connectivity index (χ3v) is 3.83. The molecule has 0 aliphatic rings. The zero-order chi connectivity index (χ0) is 12.4. The summed E-state index contributed by atoms with van der Waals surface area (Å²) in [6.07, 6.45) is 0.941. The second-order valence-corrected chi connectivity index (χ2v) is 4.96. The topological polar surface area (TPSA) is 25.8 Å². The molecule has 1 aromatic heterocycles. The van der Waals surface area contributed by atoms with Crippen LogP contribution in [0.4, 0.5) is 0 Å². The molecule has 1 aromatic carbocycles. The molecule has 17 heavy (non-hydrogen) atoms. The Morgan fingerprint density at radius 2 is 1.76 bits per heavy atom. The number of fused-ring (bicyclic) bond motifs is 1. The van der Waals surface area contributed by atoms with Gasteiger partial charge in [0.2, 0.25) is 0 Å². The first-order valence-corrected chi connectivity index (χ1v) is 6.44. The largest absolute Gasteiger partial charge is 0.250 e. The molecule has 2 atom stereocenters. The summed E-state index contributed by atoms with van der Waals surface area (Å²) in [6.45, 7) is 6.22. The van der Waals surface area contributed by atoms with E-state index >= 15 is 0 Å². The SMILES string of the molecule is CCC(Cl)C(C)c1nc2ccccc2nc1C. The summed E-state index contributed by atoms with van der Waals surface area (Å²) >= 11 is 6.31. The summed E-state index contributed by atoms with van der Waals surface area (Å²) in [4.78, 5) is 9.29. The lowest BCUT2D eigenvalue weighted by Gasteiger charge is -2.17. The zero-order valence-corrected chi connectivity index (χ0v) is 11.2. The van der Waals surface area contributed by atoms with Gasteiger partial charge in [0.25, 0.3) is 0 Å². The van der Waals surface area contributed by atoms with Gasteiger partial charge >= 0.3 is 0 Å². The van der Waals surface area contributed by atoms with Gasteiger partial charge in [-0.05, 0) is 25.5 Å². The quantitative estimate of drug-likeness (QED) is 0.766. The van der Waals surface area contributed by atoms with Crippen molar-refractivity contribution in [2.75, 3.05) is 0 Å². The normalized spacial score (nSPS) is 14.8. The highest BCUT2D eigenvalue weighted by Crippen LogP contribution is 2.27. The van der Waals surface area contributed by atoms with Crippen molar-refractivity contribution in [3.05, 3.63) is 35.7 Å². The van der Waals surface area contributed by atoms with Crippen LogP contribution >= 0.6 is 11.6 Å². The van der Waals surface area contributed by atoms with Gasteiger partial charge in [0.05, 0.1) is 22.4 Å². The molecule has 2 nitrogen and oxygen atoms in total. The van der Waals surface area contributed by atoms with Gasteiger partial charge in [0.1, 0.15) is 0 Å². The number of para-hydroxylation sites is 2. The van der Waals surface area contributed by atoms with Crippen LogP contribution in [0.15, 0.2) is 24.3 Å². The Labute approximate surface area is 107 Å². The number of hydrogen-bond acceptors (Lipinski definition) is 2. The van der Waals surface area contributed by atoms with E-state index in [1.807, 2.05) is 31.2 Å². The Balaban J connectivity index is 2.50. The fourth-order valence-corrected chi connectivity index (χ4v) is 2.18. The Bertz CT molecular complexity index is 525. The summed E-state index contributed by atoms with van der Waals surface area (Å²) in [5, 5.41) is 0.115. The number of halogens is 1. The molecule has 0 bridgehead atoms. The average Bonchev–Trinajstić information content (AvgIpc) is 2.36. The predicted octanol–water partition coefficient (Wildman–Crippen LogP) is 4.06. The molecule has 0 aliphatic carbocycles. The van der Waals surface area contributed by atoms with Crippen molar-refractivity contribution in [3.8, 4) is 0 Å². The summed E-state index contributed by atoms with van der Waals surface area (Å²) in [7, 11) is 0. The third kappa shape index (κ3) is 2.42. The molecule has 0 saturated heterocycles. The van der Waals surface area contributed by atoms with Crippen LogP contribution in [0, 0.1) is 6.92 Å². The van der Waals surface area contributed by atoms with E-state index < -0.39 is 0 Å². The molecule has 0 spiro atoms. The first-order valence-electron chi connectivity index (χ1n) is 6.00. The fourth-order valence-electron chi connectivity index (χ4n) is 2.06. The number of nitrogens with zero attached hydrogens (tertiary/aromatic N) is 2. The Morgan fingerprint density at radius 3 is 2.35 bits per heavy atom. The second kappa shape index (κ2) is 5.01. The Kier molecular flexibility index (Phi) is 3.63. The van der Waals surface area contributed by atoms with Crippen LogP contribution < -0.4 is 0 Å². The lowest BCUT2D eigenvalue weighted by Crippen LogP contribution is -2.12. The summed E-state index contributed by atoms with van der Waals surface area (Å²) in [5.41, 5.74) is 3.89. The predicted molar refractivity (Wildman–Crippen MR) is 72.6 cm³/mol. The molecule has 2 unspecified atom stereocenters. The van der Waals surface area contributed by atoms with E-state index in [0.717, 1.165) is 28.8 Å². The molecule has 90 valence electrons. The van der Waals surface area contributed by atoms with E-state index in [2.05, 4.69) is 18.8 Å². The number of alkyl halides is 1. The van der Waals surface area contributed by atoms with Gasteiger partial charge in [-0.25, -0.2) is 9.97 Å². The minimum atomic E-state index is 0.115. The van der Waals surface area contributed by atoms with Gasteiger partial charge in [0, 0.05) is 11.3 Å². The van der Waals surface area contributed by atoms with Gasteiger partial charge in [-0.3, -0.25) is 0 Å². The van der Waals surface area contributed by atoms with E-state index in [9.17, 15) is 0 Å². The van der Waals surface area contributed by atoms with E-state index in [1.54, 1.807) is 0 Å². The molecule has 2 aromatic rings. The molecule has 0 radical (unpaired) electrons. The van der Waals surface area contributed by atoms with Crippen molar-refractivity contribution < 1.29 is 0 Å². The van der Waals surface area contributed by atoms with E-state index in [4.69, 9.17) is 16.6 Å². The molecule has 3 heteroatoms. The van der Waals surface area contributed by atoms with Crippen LogP contribution in [0.3, 0.4) is 0 Å². The van der Waals surface area contributed by atoms with Crippen LogP contribution in [-0.2, 0) is 0 Å². The van der Waals surface area contributed by atoms with E-state index in [-0.39, 0.29) is 11.3 Å². The third-order valence-electron chi connectivity index (χ3n) is 3.15. The number of rotatable bonds is 3. The monoisotopic (exact) mass is 248 g/mol.